The minimum atomic E-state index is -0.576. The molecule has 0 amide bonds. The number of hydrazine groups is 1. The highest BCUT2D eigenvalue weighted by molar-refractivity contribution is 6.30. The van der Waals surface area contributed by atoms with Crippen molar-refractivity contribution in [2.75, 3.05) is 14.2 Å². The SMILES string of the molecule is COc1cc(OC)cc(C(NN)c2cccc(Cl)c2F)c1. The summed E-state index contributed by atoms with van der Waals surface area (Å²) in [7, 11) is 3.09. The minimum absolute atomic E-state index is 0.0441. The monoisotopic (exact) mass is 310 g/mol. The minimum Gasteiger partial charge on any atom is -0.497 e. The summed E-state index contributed by atoms with van der Waals surface area (Å²) >= 11 is 5.83. The van der Waals surface area contributed by atoms with Gasteiger partial charge in [-0.25, -0.2) is 9.82 Å². The van der Waals surface area contributed by atoms with Crippen molar-refractivity contribution in [2.24, 2.45) is 5.84 Å². The Hall–Kier alpha value is -1.82. The van der Waals surface area contributed by atoms with Crippen LogP contribution in [0.3, 0.4) is 0 Å². The van der Waals surface area contributed by atoms with Crippen molar-refractivity contribution in [3.05, 3.63) is 58.4 Å². The molecular weight excluding hydrogens is 295 g/mol. The molecule has 1 unspecified atom stereocenters. The third-order valence-electron chi connectivity index (χ3n) is 3.17. The van der Waals surface area contributed by atoms with Crippen molar-refractivity contribution in [3.8, 4) is 11.5 Å². The molecular formula is C15H16ClFN2O2. The average molecular weight is 311 g/mol. The number of nitrogens with two attached hydrogens (primary N) is 1. The molecule has 1 atom stereocenters. The van der Waals surface area contributed by atoms with Gasteiger partial charge in [-0.1, -0.05) is 23.7 Å². The molecule has 0 bridgehead atoms. The third-order valence-corrected chi connectivity index (χ3v) is 3.46. The Morgan fingerprint density at radius 2 is 1.76 bits per heavy atom. The maximum absolute atomic E-state index is 14.2. The van der Waals surface area contributed by atoms with Gasteiger partial charge in [0.25, 0.3) is 0 Å². The van der Waals surface area contributed by atoms with Gasteiger partial charge in [0, 0.05) is 11.6 Å². The molecule has 2 aromatic carbocycles. The number of nitrogens with one attached hydrogen (secondary N) is 1. The molecule has 0 aliphatic rings. The van der Waals surface area contributed by atoms with E-state index in [-0.39, 0.29) is 5.02 Å². The fourth-order valence-electron chi connectivity index (χ4n) is 2.11. The summed E-state index contributed by atoms with van der Waals surface area (Å²) in [4.78, 5) is 0. The fraction of sp³-hybridized carbons (Fsp3) is 0.200. The Balaban J connectivity index is 2.53. The van der Waals surface area contributed by atoms with E-state index in [2.05, 4.69) is 5.43 Å². The highest BCUT2D eigenvalue weighted by Gasteiger charge is 2.19. The summed E-state index contributed by atoms with van der Waals surface area (Å²) in [5.41, 5.74) is 3.65. The first-order valence-electron chi connectivity index (χ1n) is 6.23. The van der Waals surface area contributed by atoms with Crippen LogP contribution in [0.5, 0.6) is 11.5 Å². The first kappa shape index (κ1) is 15.6. The molecule has 21 heavy (non-hydrogen) atoms. The molecule has 0 heterocycles. The number of rotatable bonds is 5. The normalized spacial score (nSPS) is 12.0. The molecule has 2 aromatic rings. The van der Waals surface area contributed by atoms with Crippen molar-refractivity contribution >= 4 is 11.6 Å². The van der Waals surface area contributed by atoms with E-state index in [0.29, 0.717) is 22.6 Å². The molecule has 0 aliphatic carbocycles. The van der Waals surface area contributed by atoms with Crippen LogP contribution in [0.1, 0.15) is 17.2 Å². The smallest absolute Gasteiger partial charge is 0.146 e. The van der Waals surface area contributed by atoms with Crippen molar-refractivity contribution in [1.29, 1.82) is 0 Å². The second kappa shape index (κ2) is 6.76. The van der Waals surface area contributed by atoms with Crippen LogP contribution in [0.25, 0.3) is 0 Å². The van der Waals surface area contributed by atoms with Crippen LogP contribution in [0.4, 0.5) is 4.39 Å². The zero-order valence-corrected chi connectivity index (χ0v) is 12.4. The highest BCUT2D eigenvalue weighted by Crippen LogP contribution is 2.32. The number of halogens is 2. The number of methoxy groups -OCH3 is 2. The molecule has 2 rings (SSSR count). The predicted molar refractivity (Wildman–Crippen MR) is 80.1 cm³/mol. The van der Waals surface area contributed by atoms with Crippen LogP contribution >= 0.6 is 11.6 Å². The summed E-state index contributed by atoms with van der Waals surface area (Å²) < 4.78 is 24.6. The molecule has 0 fully saturated rings. The first-order chi connectivity index (χ1) is 10.1. The Kier molecular flexibility index (Phi) is 5.01. The lowest BCUT2D eigenvalue weighted by Gasteiger charge is -2.19. The zero-order valence-electron chi connectivity index (χ0n) is 11.7. The summed E-state index contributed by atoms with van der Waals surface area (Å²) in [6.45, 7) is 0. The first-order valence-corrected chi connectivity index (χ1v) is 6.61. The van der Waals surface area contributed by atoms with Gasteiger partial charge in [-0.05, 0) is 23.8 Å². The van der Waals surface area contributed by atoms with Crippen LogP contribution in [0, 0.1) is 5.82 Å². The van der Waals surface area contributed by atoms with E-state index in [0.717, 1.165) is 0 Å². The molecule has 0 saturated carbocycles. The number of benzene rings is 2. The molecule has 0 radical (unpaired) electrons. The van der Waals surface area contributed by atoms with Gasteiger partial charge in [0.05, 0.1) is 25.3 Å². The van der Waals surface area contributed by atoms with Crippen LogP contribution in [-0.4, -0.2) is 14.2 Å². The van der Waals surface area contributed by atoms with E-state index in [1.807, 2.05) is 0 Å². The quantitative estimate of drug-likeness (QED) is 0.658. The number of hydrogen-bond donors (Lipinski definition) is 2. The van der Waals surface area contributed by atoms with Gasteiger partial charge >= 0.3 is 0 Å². The molecule has 3 N–H and O–H groups in total. The number of ether oxygens (including phenoxy) is 2. The van der Waals surface area contributed by atoms with Crippen LogP contribution in [0.2, 0.25) is 5.02 Å². The van der Waals surface area contributed by atoms with Gasteiger partial charge in [-0.2, -0.15) is 0 Å². The lowest BCUT2D eigenvalue weighted by molar-refractivity contribution is 0.392. The summed E-state index contributed by atoms with van der Waals surface area (Å²) in [5, 5.41) is 0.0441. The molecule has 0 saturated heterocycles. The van der Waals surface area contributed by atoms with Crippen molar-refractivity contribution < 1.29 is 13.9 Å². The van der Waals surface area contributed by atoms with Gasteiger partial charge in [-0.3, -0.25) is 5.84 Å². The molecule has 4 nitrogen and oxygen atoms in total. The molecule has 6 heteroatoms. The molecule has 0 aromatic heterocycles. The molecule has 0 spiro atoms. The second-order valence-electron chi connectivity index (χ2n) is 4.39. The van der Waals surface area contributed by atoms with Gasteiger partial charge in [0.1, 0.15) is 17.3 Å². The van der Waals surface area contributed by atoms with Crippen molar-refractivity contribution in [3.63, 3.8) is 0 Å². The predicted octanol–water partition coefficient (Wildman–Crippen LogP) is 3.05. The number of hydrogen-bond acceptors (Lipinski definition) is 4. The Labute approximate surface area is 127 Å². The summed E-state index contributed by atoms with van der Waals surface area (Å²) in [6.07, 6.45) is 0. The van der Waals surface area contributed by atoms with Crippen molar-refractivity contribution in [2.45, 2.75) is 6.04 Å². The average Bonchev–Trinajstić information content (AvgIpc) is 2.51. The van der Waals surface area contributed by atoms with Crippen molar-refractivity contribution in [1.82, 2.24) is 5.43 Å². The molecule has 112 valence electrons. The third kappa shape index (κ3) is 3.26. The van der Waals surface area contributed by atoms with Gasteiger partial charge in [-0.15, -0.1) is 0 Å². The maximum Gasteiger partial charge on any atom is 0.146 e. The van der Waals surface area contributed by atoms with Crippen LogP contribution in [-0.2, 0) is 0 Å². The van der Waals surface area contributed by atoms with E-state index in [9.17, 15) is 4.39 Å². The lowest BCUT2D eigenvalue weighted by Crippen LogP contribution is -2.29. The second-order valence-corrected chi connectivity index (χ2v) is 4.80. The van der Waals surface area contributed by atoms with Gasteiger partial charge in [0.2, 0.25) is 0 Å². The van der Waals surface area contributed by atoms with Crippen LogP contribution < -0.4 is 20.7 Å². The largest absolute Gasteiger partial charge is 0.497 e. The topological polar surface area (TPSA) is 56.5 Å². The van der Waals surface area contributed by atoms with E-state index >= 15 is 0 Å². The summed E-state index contributed by atoms with van der Waals surface area (Å²) in [5.74, 6) is 6.27. The standard InChI is InChI=1S/C15H16ClFN2O2/c1-20-10-6-9(7-11(8-10)21-2)15(19-18)12-4-3-5-13(16)14(12)17/h3-8,15,19H,18H2,1-2H3. The van der Waals surface area contributed by atoms with Gasteiger partial charge < -0.3 is 9.47 Å². The molecule has 0 aliphatic heterocycles. The van der Waals surface area contributed by atoms with Crippen LogP contribution in [0.15, 0.2) is 36.4 Å². The van der Waals surface area contributed by atoms with E-state index in [1.165, 1.54) is 6.07 Å². The zero-order chi connectivity index (χ0) is 15.4. The van der Waals surface area contributed by atoms with E-state index in [4.69, 9.17) is 26.9 Å². The summed E-state index contributed by atoms with van der Waals surface area (Å²) in [6, 6.07) is 9.44. The Bertz CT molecular complexity index is 615. The lowest BCUT2D eigenvalue weighted by atomic mass is 9.98. The fourth-order valence-corrected chi connectivity index (χ4v) is 2.29. The van der Waals surface area contributed by atoms with Gasteiger partial charge in [0.15, 0.2) is 0 Å². The Morgan fingerprint density at radius 3 is 2.29 bits per heavy atom. The highest BCUT2D eigenvalue weighted by atomic mass is 35.5. The van der Waals surface area contributed by atoms with E-state index in [1.54, 1.807) is 44.6 Å². The van der Waals surface area contributed by atoms with E-state index < -0.39 is 11.9 Å². The Morgan fingerprint density at radius 1 is 1.14 bits per heavy atom. The maximum atomic E-state index is 14.2.